The van der Waals surface area contributed by atoms with Crippen LogP contribution in [0, 0.1) is 5.92 Å². The molecular formula is C15H30N2. The molecule has 17 heavy (non-hydrogen) atoms. The second kappa shape index (κ2) is 6.75. The van der Waals surface area contributed by atoms with Gasteiger partial charge in [0.05, 0.1) is 0 Å². The molecule has 2 nitrogen and oxygen atoms in total. The van der Waals surface area contributed by atoms with Crippen molar-refractivity contribution in [3.63, 3.8) is 0 Å². The van der Waals surface area contributed by atoms with E-state index in [1.54, 1.807) is 0 Å². The summed E-state index contributed by atoms with van der Waals surface area (Å²) in [6, 6.07) is 1.67. The van der Waals surface area contributed by atoms with Crippen LogP contribution in [0.5, 0.6) is 0 Å². The highest BCUT2D eigenvalue weighted by molar-refractivity contribution is 4.80. The summed E-state index contributed by atoms with van der Waals surface area (Å²) in [6.07, 6.45) is 11.4. The van der Waals surface area contributed by atoms with Gasteiger partial charge < -0.3 is 10.2 Å². The molecule has 2 aliphatic rings. The highest BCUT2D eigenvalue weighted by Crippen LogP contribution is 2.24. The Morgan fingerprint density at radius 1 is 1.00 bits per heavy atom. The van der Waals surface area contributed by atoms with Crippen molar-refractivity contribution >= 4 is 0 Å². The molecule has 2 saturated carbocycles. The average Bonchev–Trinajstić information content (AvgIpc) is 2.85. The normalized spacial score (nSPS) is 31.2. The molecule has 0 aromatic carbocycles. The van der Waals surface area contributed by atoms with Crippen molar-refractivity contribution in [2.45, 2.75) is 70.4 Å². The maximum atomic E-state index is 3.78. The van der Waals surface area contributed by atoms with Gasteiger partial charge in [-0.05, 0) is 38.6 Å². The van der Waals surface area contributed by atoms with Gasteiger partial charge in [-0.1, -0.05) is 32.6 Å². The number of hydrogen-bond acceptors (Lipinski definition) is 2. The number of likely N-dealkylation sites (N-methyl/N-ethyl adjacent to an activating group) is 1. The summed E-state index contributed by atoms with van der Waals surface area (Å²) in [6.45, 7) is 4.83. The maximum absolute atomic E-state index is 3.78. The van der Waals surface area contributed by atoms with E-state index in [-0.39, 0.29) is 0 Å². The van der Waals surface area contributed by atoms with Crippen LogP contribution in [0.3, 0.4) is 0 Å². The van der Waals surface area contributed by atoms with Crippen LogP contribution in [0.4, 0.5) is 0 Å². The quantitative estimate of drug-likeness (QED) is 0.792. The van der Waals surface area contributed by atoms with Crippen LogP contribution in [0.25, 0.3) is 0 Å². The third-order valence-electron chi connectivity index (χ3n) is 4.93. The van der Waals surface area contributed by atoms with Gasteiger partial charge in [0.15, 0.2) is 0 Å². The van der Waals surface area contributed by atoms with Crippen molar-refractivity contribution < 1.29 is 0 Å². The summed E-state index contributed by atoms with van der Waals surface area (Å²) in [5.41, 5.74) is 0. The molecule has 0 saturated heterocycles. The van der Waals surface area contributed by atoms with E-state index < -0.39 is 0 Å². The molecular weight excluding hydrogens is 208 g/mol. The molecule has 0 bridgehead atoms. The number of nitrogens with one attached hydrogen (secondary N) is 1. The van der Waals surface area contributed by atoms with E-state index in [0.29, 0.717) is 0 Å². The van der Waals surface area contributed by atoms with Crippen molar-refractivity contribution in [2.75, 3.05) is 20.1 Å². The minimum absolute atomic E-state index is 0.792. The minimum atomic E-state index is 0.792. The zero-order valence-electron chi connectivity index (χ0n) is 11.8. The van der Waals surface area contributed by atoms with Gasteiger partial charge in [-0.15, -0.1) is 0 Å². The zero-order chi connectivity index (χ0) is 12.1. The lowest BCUT2D eigenvalue weighted by Gasteiger charge is -2.31. The smallest absolute Gasteiger partial charge is 0.0107 e. The lowest BCUT2D eigenvalue weighted by molar-refractivity contribution is 0.224. The Morgan fingerprint density at radius 3 is 2.35 bits per heavy atom. The first-order valence-electron chi connectivity index (χ1n) is 7.71. The first kappa shape index (κ1) is 13.4. The molecule has 1 N–H and O–H groups in total. The first-order chi connectivity index (χ1) is 8.27. The van der Waals surface area contributed by atoms with E-state index in [2.05, 4.69) is 24.2 Å². The van der Waals surface area contributed by atoms with Crippen LogP contribution in [-0.4, -0.2) is 37.1 Å². The molecule has 0 amide bonds. The molecule has 0 aliphatic heterocycles. The molecule has 0 aromatic rings. The summed E-state index contributed by atoms with van der Waals surface area (Å²) < 4.78 is 0. The molecule has 2 heteroatoms. The van der Waals surface area contributed by atoms with Gasteiger partial charge in [-0.2, -0.15) is 0 Å². The van der Waals surface area contributed by atoms with Crippen molar-refractivity contribution in [3.8, 4) is 0 Å². The molecule has 0 spiro atoms. The second-order valence-corrected chi connectivity index (χ2v) is 6.24. The third-order valence-corrected chi connectivity index (χ3v) is 4.93. The van der Waals surface area contributed by atoms with E-state index >= 15 is 0 Å². The van der Waals surface area contributed by atoms with E-state index in [9.17, 15) is 0 Å². The Hall–Kier alpha value is -0.0800. The van der Waals surface area contributed by atoms with Gasteiger partial charge in [0.2, 0.25) is 0 Å². The van der Waals surface area contributed by atoms with Gasteiger partial charge >= 0.3 is 0 Å². The number of nitrogens with zero attached hydrogens (tertiary/aromatic N) is 1. The Bertz CT molecular complexity index is 211. The van der Waals surface area contributed by atoms with Gasteiger partial charge in [0.25, 0.3) is 0 Å². The highest BCUT2D eigenvalue weighted by Gasteiger charge is 2.22. The lowest BCUT2D eigenvalue weighted by atomic mass is 9.86. The predicted octanol–water partition coefficient (Wildman–Crippen LogP) is 3.03. The Balaban J connectivity index is 1.61. The van der Waals surface area contributed by atoms with E-state index in [0.717, 1.165) is 18.0 Å². The molecule has 0 aromatic heterocycles. The summed E-state index contributed by atoms with van der Waals surface area (Å²) in [5.74, 6) is 0.889. The van der Waals surface area contributed by atoms with E-state index in [4.69, 9.17) is 0 Å². The largest absolute Gasteiger partial charge is 0.312 e. The van der Waals surface area contributed by atoms with Crippen LogP contribution >= 0.6 is 0 Å². The van der Waals surface area contributed by atoms with E-state index in [1.807, 2.05) is 0 Å². The first-order valence-corrected chi connectivity index (χ1v) is 7.71. The number of rotatable bonds is 5. The summed E-state index contributed by atoms with van der Waals surface area (Å²) in [5, 5.41) is 3.78. The molecule has 0 heterocycles. The van der Waals surface area contributed by atoms with Crippen LogP contribution in [0.1, 0.15) is 58.3 Å². The minimum Gasteiger partial charge on any atom is -0.312 e. The monoisotopic (exact) mass is 238 g/mol. The molecule has 2 unspecified atom stereocenters. The standard InChI is InChI=1S/C15H30N2/c1-13-7-3-6-10-15(13)16-11-12-17(2)14-8-4-5-9-14/h13-16H,3-12H2,1-2H3. The molecule has 0 radical (unpaired) electrons. The second-order valence-electron chi connectivity index (χ2n) is 6.24. The topological polar surface area (TPSA) is 15.3 Å². The lowest BCUT2D eigenvalue weighted by Crippen LogP contribution is -2.42. The Kier molecular flexibility index (Phi) is 5.30. The predicted molar refractivity (Wildman–Crippen MR) is 74.3 cm³/mol. The van der Waals surface area contributed by atoms with Gasteiger partial charge in [-0.3, -0.25) is 0 Å². The molecule has 2 fully saturated rings. The molecule has 2 atom stereocenters. The van der Waals surface area contributed by atoms with Crippen LogP contribution < -0.4 is 5.32 Å². The molecule has 2 rings (SSSR count). The Labute approximate surface area is 107 Å². The van der Waals surface area contributed by atoms with Gasteiger partial charge in [0, 0.05) is 25.2 Å². The third kappa shape index (κ3) is 3.96. The van der Waals surface area contributed by atoms with Crippen LogP contribution in [0.2, 0.25) is 0 Å². The number of hydrogen-bond donors (Lipinski definition) is 1. The Morgan fingerprint density at radius 2 is 1.65 bits per heavy atom. The maximum Gasteiger partial charge on any atom is 0.0107 e. The van der Waals surface area contributed by atoms with Gasteiger partial charge in [0.1, 0.15) is 0 Å². The SMILES string of the molecule is CC1CCCCC1NCCN(C)C1CCCC1. The fourth-order valence-corrected chi connectivity index (χ4v) is 3.57. The van der Waals surface area contributed by atoms with Crippen LogP contribution in [0.15, 0.2) is 0 Å². The summed E-state index contributed by atoms with van der Waals surface area (Å²) in [7, 11) is 2.31. The van der Waals surface area contributed by atoms with Gasteiger partial charge in [-0.25, -0.2) is 0 Å². The van der Waals surface area contributed by atoms with Crippen molar-refractivity contribution in [1.29, 1.82) is 0 Å². The zero-order valence-corrected chi connectivity index (χ0v) is 11.8. The fraction of sp³-hybridized carbons (Fsp3) is 1.00. The summed E-state index contributed by atoms with van der Waals surface area (Å²) in [4.78, 5) is 2.58. The van der Waals surface area contributed by atoms with Crippen molar-refractivity contribution in [3.05, 3.63) is 0 Å². The summed E-state index contributed by atoms with van der Waals surface area (Å²) >= 11 is 0. The molecule has 100 valence electrons. The highest BCUT2D eigenvalue weighted by atomic mass is 15.1. The molecule has 2 aliphatic carbocycles. The van der Waals surface area contributed by atoms with Crippen LogP contribution in [-0.2, 0) is 0 Å². The van der Waals surface area contributed by atoms with E-state index in [1.165, 1.54) is 64.5 Å². The van der Waals surface area contributed by atoms with Crippen molar-refractivity contribution in [2.24, 2.45) is 5.92 Å². The fourth-order valence-electron chi connectivity index (χ4n) is 3.57. The van der Waals surface area contributed by atoms with Crippen molar-refractivity contribution in [1.82, 2.24) is 10.2 Å². The average molecular weight is 238 g/mol.